The molecule has 0 aliphatic heterocycles. The van der Waals surface area contributed by atoms with Crippen molar-refractivity contribution < 1.29 is 9.59 Å². The van der Waals surface area contributed by atoms with Gasteiger partial charge in [0, 0.05) is 15.6 Å². The summed E-state index contributed by atoms with van der Waals surface area (Å²) in [7, 11) is 0. The largest absolute Gasteiger partial charge is 0.294 e. The maximum absolute atomic E-state index is 12.1. The maximum Gasteiger partial charge on any atom is 0.272 e. The van der Waals surface area contributed by atoms with E-state index in [9.17, 15) is 9.59 Å². The molecule has 0 bridgehead atoms. The predicted molar refractivity (Wildman–Crippen MR) is 83.5 cm³/mol. The molecule has 0 spiro atoms. The topological polar surface area (TPSA) is 58.5 Å². The molecule has 0 aromatic heterocycles. The molecule has 2 aromatic carbocycles. The number of amides is 1. The Balaban J connectivity index is 1.84. The second kappa shape index (κ2) is 5.61. The van der Waals surface area contributed by atoms with Crippen molar-refractivity contribution in [2.75, 3.05) is 0 Å². The molecule has 0 radical (unpaired) electrons. The zero-order valence-corrected chi connectivity index (χ0v) is 12.6. The Labute approximate surface area is 130 Å². The number of carbonyl (C=O) groups is 2. The zero-order valence-electron chi connectivity index (χ0n) is 11.0. The van der Waals surface area contributed by atoms with Crippen molar-refractivity contribution in [3.8, 4) is 0 Å². The van der Waals surface area contributed by atoms with E-state index in [0.29, 0.717) is 21.3 Å². The monoisotopic (exact) mass is 342 g/mol. The average molecular weight is 343 g/mol. The minimum Gasteiger partial charge on any atom is -0.294 e. The molecular formula is C16H11BrN2O2. The van der Waals surface area contributed by atoms with E-state index in [1.165, 1.54) is 0 Å². The number of fused-ring (bicyclic) bond motifs is 1. The minimum absolute atomic E-state index is 0.0273. The fourth-order valence-electron chi connectivity index (χ4n) is 2.24. The first-order chi connectivity index (χ1) is 10.2. The number of hydrazone groups is 1. The van der Waals surface area contributed by atoms with Gasteiger partial charge < -0.3 is 0 Å². The van der Waals surface area contributed by atoms with Crippen LogP contribution in [0.5, 0.6) is 0 Å². The summed E-state index contributed by atoms with van der Waals surface area (Å²) in [5, 5.41) is 4.11. The van der Waals surface area contributed by atoms with Gasteiger partial charge in [0.1, 0.15) is 0 Å². The number of Topliss-reactive ketones (excluding diaryl/α,β-unsaturated/α-hetero) is 1. The number of hydrogen-bond acceptors (Lipinski definition) is 3. The number of rotatable bonds is 2. The van der Waals surface area contributed by atoms with Crippen LogP contribution in [0.15, 0.2) is 58.1 Å². The lowest BCUT2D eigenvalue weighted by atomic mass is 10.1. The number of ketones is 1. The van der Waals surface area contributed by atoms with Gasteiger partial charge in [0.05, 0.1) is 17.7 Å². The summed E-state index contributed by atoms with van der Waals surface area (Å²) >= 11 is 3.32. The van der Waals surface area contributed by atoms with Gasteiger partial charge in [0.15, 0.2) is 5.78 Å². The Morgan fingerprint density at radius 1 is 1.05 bits per heavy atom. The first-order valence-electron chi connectivity index (χ1n) is 6.41. The molecule has 5 heteroatoms. The van der Waals surface area contributed by atoms with E-state index in [1.54, 1.807) is 24.3 Å². The van der Waals surface area contributed by atoms with E-state index in [-0.39, 0.29) is 18.1 Å². The van der Waals surface area contributed by atoms with E-state index in [4.69, 9.17) is 0 Å². The third-order valence-electron chi connectivity index (χ3n) is 3.28. The lowest BCUT2D eigenvalue weighted by Gasteiger charge is -2.03. The van der Waals surface area contributed by atoms with Crippen molar-refractivity contribution in [3.63, 3.8) is 0 Å². The van der Waals surface area contributed by atoms with E-state index in [2.05, 4.69) is 26.5 Å². The highest BCUT2D eigenvalue weighted by Crippen LogP contribution is 2.22. The smallest absolute Gasteiger partial charge is 0.272 e. The highest BCUT2D eigenvalue weighted by Gasteiger charge is 2.25. The van der Waals surface area contributed by atoms with Gasteiger partial charge in [0.25, 0.3) is 5.91 Å². The molecule has 4 nitrogen and oxygen atoms in total. The summed E-state index contributed by atoms with van der Waals surface area (Å²) in [5.41, 5.74) is 5.05. The molecule has 0 saturated heterocycles. The molecule has 104 valence electrons. The molecule has 21 heavy (non-hydrogen) atoms. The summed E-state index contributed by atoms with van der Waals surface area (Å²) in [4.78, 5) is 23.9. The van der Waals surface area contributed by atoms with Crippen LogP contribution in [0.25, 0.3) is 0 Å². The molecule has 0 unspecified atom stereocenters. The van der Waals surface area contributed by atoms with Gasteiger partial charge in [0.2, 0.25) is 0 Å². The lowest BCUT2D eigenvalue weighted by Crippen LogP contribution is -2.20. The number of halogens is 1. The van der Waals surface area contributed by atoms with Crippen LogP contribution in [0.3, 0.4) is 0 Å². The van der Waals surface area contributed by atoms with E-state index < -0.39 is 0 Å². The zero-order chi connectivity index (χ0) is 14.8. The van der Waals surface area contributed by atoms with Gasteiger partial charge in [-0.25, -0.2) is 5.43 Å². The van der Waals surface area contributed by atoms with Gasteiger partial charge in [-0.05, 0) is 28.1 Å². The van der Waals surface area contributed by atoms with Crippen molar-refractivity contribution in [1.29, 1.82) is 0 Å². The van der Waals surface area contributed by atoms with Crippen molar-refractivity contribution in [1.82, 2.24) is 5.43 Å². The average Bonchev–Trinajstić information content (AvgIpc) is 2.82. The van der Waals surface area contributed by atoms with Gasteiger partial charge in [-0.15, -0.1) is 0 Å². The van der Waals surface area contributed by atoms with Crippen LogP contribution in [-0.2, 0) is 0 Å². The Kier molecular flexibility index (Phi) is 3.66. The highest BCUT2D eigenvalue weighted by atomic mass is 79.9. The second-order valence-corrected chi connectivity index (χ2v) is 5.48. The molecule has 1 aliphatic carbocycles. The maximum atomic E-state index is 12.1. The van der Waals surface area contributed by atoms with Crippen molar-refractivity contribution in [3.05, 3.63) is 69.7 Å². The number of carbonyl (C=O) groups excluding carboxylic acids is 2. The molecule has 0 saturated carbocycles. The molecule has 3 rings (SSSR count). The third-order valence-corrected chi connectivity index (χ3v) is 3.97. The highest BCUT2D eigenvalue weighted by molar-refractivity contribution is 9.10. The SMILES string of the molecule is O=C(NN=C1CC(=O)c2ccccc21)c1ccccc1Br. The molecule has 0 atom stereocenters. The quantitative estimate of drug-likeness (QED) is 0.852. The van der Waals surface area contributed by atoms with Crippen LogP contribution in [0.4, 0.5) is 0 Å². The summed E-state index contributed by atoms with van der Waals surface area (Å²) in [6.45, 7) is 0. The van der Waals surface area contributed by atoms with E-state index in [1.807, 2.05) is 24.3 Å². The van der Waals surface area contributed by atoms with Crippen LogP contribution >= 0.6 is 15.9 Å². The fourth-order valence-corrected chi connectivity index (χ4v) is 2.71. The lowest BCUT2D eigenvalue weighted by molar-refractivity contribution is 0.0951. The molecule has 1 amide bonds. The summed E-state index contributed by atoms with van der Waals surface area (Å²) in [6, 6.07) is 14.4. The van der Waals surface area contributed by atoms with E-state index >= 15 is 0 Å². The fraction of sp³-hybridized carbons (Fsp3) is 0.0625. The number of benzene rings is 2. The normalized spacial score (nSPS) is 15.1. The van der Waals surface area contributed by atoms with Gasteiger partial charge in [-0.3, -0.25) is 9.59 Å². The Morgan fingerprint density at radius 3 is 2.48 bits per heavy atom. The summed E-state index contributed by atoms with van der Waals surface area (Å²) < 4.78 is 0.700. The molecule has 2 aromatic rings. The minimum atomic E-state index is -0.313. The van der Waals surface area contributed by atoms with Crippen LogP contribution in [-0.4, -0.2) is 17.4 Å². The molecular weight excluding hydrogens is 332 g/mol. The molecule has 0 heterocycles. The molecule has 1 aliphatic rings. The molecule has 0 fully saturated rings. The standard InChI is InChI=1S/C16H11BrN2O2/c17-13-8-4-3-7-12(13)16(21)19-18-14-9-15(20)11-6-2-1-5-10(11)14/h1-8H,9H2,(H,19,21). The summed E-state index contributed by atoms with van der Waals surface area (Å²) in [6.07, 6.45) is 0.218. The number of nitrogens with zero attached hydrogens (tertiary/aromatic N) is 1. The Hall–Kier alpha value is -2.27. The predicted octanol–water partition coefficient (Wildman–Crippen LogP) is 3.17. The Bertz CT molecular complexity index is 768. The summed E-state index contributed by atoms with van der Waals surface area (Å²) in [5.74, 6) is -0.286. The van der Waals surface area contributed by atoms with Crippen LogP contribution in [0, 0.1) is 0 Å². The van der Waals surface area contributed by atoms with Crippen LogP contribution in [0.2, 0.25) is 0 Å². The second-order valence-electron chi connectivity index (χ2n) is 4.62. The van der Waals surface area contributed by atoms with E-state index in [0.717, 1.165) is 5.56 Å². The van der Waals surface area contributed by atoms with Crippen molar-refractivity contribution in [2.24, 2.45) is 5.10 Å². The number of nitrogens with one attached hydrogen (secondary N) is 1. The van der Waals surface area contributed by atoms with Gasteiger partial charge in [-0.1, -0.05) is 36.4 Å². The number of hydrogen-bond donors (Lipinski definition) is 1. The van der Waals surface area contributed by atoms with Crippen LogP contribution in [0.1, 0.15) is 32.7 Å². The van der Waals surface area contributed by atoms with Gasteiger partial charge >= 0.3 is 0 Å². The van der Waals surface area contributed by atoms with Gasteiger partial charge in [-0.2, -0.15) is 5.10 Å². The van der Waals surface area contributed by atoms with Crippen molar-refractivity contribution in [2.45, 2.75) is 6.42 Å². The first kappa shape index (κ1) is 13.7. The Morgan fingerprint density at radius 2 is 1.71 bits per heavy atom. The van der Waals surface area contributed by atoms with Crippen molar-refractivity contribution >= 4 is 33.3 Å². The first-order valence-corrected chi connectivity index (χ1v) is 7.20. The van der Waals surface area contributed by atoms with Crippen LogP contribution < -0.4 is 5.43 Å². The molecule has 1 N–H and O–H groups in total. The third kappa shape index (κ3) is 2.64.